The summed E-state index contributed by atoms with van der Waals surface area (Å²) < 4.78 is 17.0. The van der Waals surface area contributed by atoms with Gasteiger partial charge in [-0.3, -0.25) is 14.4 Å². The lowest BCUT2D eigenvalue weighted by Crippen LogP contribution is -2.37. The molecule has 4 aromatic rings. The van der Waals surface area contributed by atoms with E-state index in [0.29, 0.717) is 40.6 Å². The molecule has 0 radical (unpaired) electrons. The van der Waals surface area contributed by atoms with E-state index in [1.54, 1.807) is 71.8 Å². The van der Waals surface area contributed by atoms with Gasteiger partial charge in [-0.2, -0.15) is 0 Å². The van der Waals surface area contributed by atoms with Crippen LogP contribution in [0.1, 0.15) is 28.9 Å². The topological polar surface area (TPSA) is 94.6 Å². The molecule has 0 aromatic heterocycles. The highest BCUT2D eigenvalue weighted by molar-refractivity contribution is 6.24. The fourth-order valence-corrected chi connectivity index (χ4v) is 5.39. The quantitative estimate of drug-likeness (QED) is 0.160. The van der Waals surface area contributed by atoms with Crippen molar-refractivity contribution in [1.82, 2.24) is 0 Å². The molecule has 4 aromatic carbocycles. The normalized spacial score (nSPS) is 19.5. The van der Waals surface area contributed by atoms with Crippen LogP contribution in [-0.2, 0) is 14.4 Å². The van der Waals surface area contributed by atoms with Crippen LogP contribution in [0.4, 0.5) is 11.4 Å². The number of nitrogens with zero attached hydrogens (tertiary/aromatic N) is 2. The number of benzene rings is 4. The molecule has 0 N–H and O–H groups in total. The second kappa shape index (κ2) is 11.4. The minimum atomic E-state index is -1.06. The van der Waals surface area contributed by atoms with Crippen LogP contribution in [0.2, 0.25) is 0 Å². The van der Waals surface area contributed by atoms with E-state index in [-0.39, 0.29) is 5.75 Å². The van der Waals surface area contributed by atoms with E-state index in [0.717, 1.165) is 4.90 Å². The Kier molecular flexibility index (Phi) is 7.33. The third-order valence-corrected chi connectivity index (χ3v) is 7.27. The lowest BCUT2D eigenvalue weighted by molar-refractivity contribution is -0.126. The third kappa shape index (κ3) is 4.73. The molecular formula is C33H28N2O7. The molecule has 9 heteroatoms. The van der Waals surface area contributed by atoms with Crippen molar-refractivity contribution in [2.24, 2.45) is 5.92 Å². The number of esters is 1. The number of methoxy groups -OCH3 is 1. The maximum atomic E-state index is 14.1. The van der Waals surface area contributed by atoms with Crippen molar-refractivity contribution in [2.75, 3.05) is 23.7 Å². The summed E-state index contributed by atoms with van der Waals surface area (Å²) in [7, 11) is 1.47. The van der Waals surface area contributed by atoms with Crippen LogP contribution in [0.25, 0.3) is 0 Å². The predicted octanol–water partition coefficient (Wildman–Crippen LogP) is 5.36. The van der Waals surface area contributed by atoms with Gasteiger partial charge in [0.1, 0.15) is 11.7 Å². The van der Waals surface area contributed by atoms with Gasteiger partial charge in [-0.25, -0.2) is 14.8 Å². The summed E-state index contributed by atoms with van der Waals surface area (Å²) in [5.41, 5.74) is 2.09. The van der Waals surface area contributed by atoms with Crippen molar-refractivity contribution in [2.45, 2.75) is 19.1 Å². The van der Waals surface area contributed by atoms with E-state index in [1.165, 1.54) is 7.11 Å². The molecule has 42 heavy (non-hydrogen) atoms. The molecule has 2 heterocycles. The smallest absolute Gasteiger partial charge is 0.343 e. The molecule has 0 unspecified atom stereocenters. The summed E-state index contributed by atoms with van der Waals surface area (Å²) >= 11 is 0. The highest BCUT2D eigenvalue weighted by Gasteiger charge is 2.60. The molecule has 2 amide bonds. The van der Waals surface area contributed by atoms with Gasteiger partial charge >= 0.3 is 5.97 Å². The molecule has 3 atom stereocenters. The van der Waals surface area contributed by atoms with Gasteiger partial charge in [0.2, 0.25) is 5.91 Å². The molecule has 2 fully saturated rings. The van der Waals surface area contributed by atoms with Crippen LogP contribution < -0.4 is 24.2 Å². The number of anilines is 2. The highest BCUT2D eigenvalue weighted by atomic mass is 16.7. The number of fused-ring (bicyclic) bond motifs is 1. The number of hydroxylamine groups is 1. The summed E-state index contributed by atoms with van der Waals surface area (Å²) in [6.07, 6.45) is -1.06. The highest BCUT2D eigenvalue weighted by Crippen LogP contribution is 2.49. The fraction of sp³-hybridized carbons (Fsp3) is 0.182. The number of hydrogen-bond acceptors (Lipinski definition) is 8. The average molecular weight is 565 g/mol. The van der Waals surface area contributed by atoms with Crippen LogP contribution in [-0.4, -0.2) is 37.6 Å². The number of hydrogen-bond donors (Lipinski definition) is 0. The summed E-state index contributed by atoms with van der Waals surface area (Å²) in [5, 5.41) is 1.60. The summed E-state index contributed by atoms with van der Waals surface area (Å²) in [4.78, 5) is 48.0. The lowest BCUT2D eigenvalue weighted by atomic mass is 9.90. The maximum absolute atomic E-state index is 14.1. The number of carbonyl (C=O) groups is 3. The van der Waals surface area contributed by atoms with Crippen molar-refractivity contribution >= 4 is 29.2 Å². The second-order valence-corrected chi connectivity index (χ2v) is 9.74. The zero-order valence-corrected chi connectivity index (χ0v) is 23.0. The maximum Gasteiger partial charge on any atom is 0.343 e. The Bertz CT molecular complexity index is 1630. The first-order valence-corrected chi connectivity index (χ1v) is 13.6. The minimum Gasteiger partial charge on any atom is -0.493 e. The van der Waals surface area contributed by atoms with E-state index in [4.69, 9.17) is 19.0 Å². The van der Waals surface area contributed by atoms with Gasteiger partial charge in [-0.1, -0.05) is 54.6 Å². The Morgan fingerprint density at radius 1 is 0.810 bits per heavy atom. The molecule has 6 rings (SSSR count). The van der Waals surface area contributed by atoms with E-state index in [2.05, 4.69) is 0 Å². The SMILES string of the molecule is CCOc1ccccc1N1C(=O)[C@@H]2[C@@H](c3ccc(OC(=O)c4ccccc4)c(OC)c3)N(c3ccccc3)O[C@H]2C1=O. The summed E-state index contributed by atoms with van der Waals surface area (Å²) in [5.74, 6) is -1.32. The Hall–Kier alpha value is -5.15. The minimum absolute atomic E-state index is 0.220. The number of ether oxygens (including phenoxy) is 3. The van der Waals surface area contributed by atoms with E-state index in [1.807, 2.05) is 43.3 Å². The molecule has 0 saturated carbocycles. The van der Waals surface area contributed by atoms with Crippen molar-refractivity contribution in [3.05, 3.63) is 114 Å². The zero-order chi connectivity index (χ0) is 29.2. The molecular weight excluding hydrogens is 536 g/mol. The standard InChI is InChI=1S/C33H28N2O7/c1-3-40-25-17-11-10-16-24(25)34-31(36)28-29(35(42-30(28)32(34)37)23-14-8-5-9-15-23)22-18-19-26(27(20-22)39-2)41-33(38)21-12-6-4-7-13-21/h4-20,28-30H,3H2,1-2H3/t28-,29-,30-/m1/s1. The van der Waals surface area contributed by atoms with E-state index < -0.39 is 35.8 Å². The molecule has 2 saturated heterocycles. The first-order chi connectivity index (χ1) is 20.5. The van der Waals surface area contributed by atoms with Gasteiger partial charge in [-0.05, 0) is 61.0 Å². The van der Waals surface area contributed by atoms with Gasteiger partial charge in [0, 0.05) is 0 Å². The average Bonchev–Trinajstić information content (AvgIpc) is 3.54. The van der Waals surface area contributed by atoms with Crippen LogP contribution in [0.3, 0.4) is 0 Å². The van der Waals surface area contributed by atoms with Crippen molar-refractivity contribution in [1.29, 1.82) is 0 Å². The number of amides is 2. The van der Waals surface area contributed by atoms with Crippen LogP contribution in [0.5, 0.6) is 17.2 Å². The van der Waals surface area contributed by atoms with Gasteiger partial charge in [0.15, 0.2) is 17.6 Å². The molecule has 0 spiro atoms. The Morgan fingerprint density at radius 2 is 1.50 bits per heavy atom. The second-order valence-electron chi connectivity index (χ2n) is 9.74. The Morgan fingerprint density at radius 3 is 2.21 bits per heavy atom. The van der Waals surface area contributed by atoms with E-state index >= 15 is 0 Å². The van der Waals surface area contributed by atoms with Crippen LogP contribution in [0.15, 0.2) is 103 Å². The number of rotatable bonds is 8. The summed E-state index contributed by atoms with van der Waals surface area (Å²) in [6.45, 7) is 2.21. The zero-order valence-electron chi connectivity index (χ0n) is 23.0. The number of imide groups is 1. The molecule has 2 aliphatic heterocycles. The number of para-hydroxylation sites is 3. The van der Waals surface area contributed by atoms with Gasteiger partial charge in [0.25, 0.3) is 5.91 Å². The van der Waals surface area contributed by atoms with Crippen LogP contribution in [0, 0.1) is 5.92 Å². The molecule has 0 aliphatic carbocycles. The fourth-order valence-electron chi connectivity index (χ4n) is 5.39. The Labute approximate surface area is 242 Å². The van der Waals surface area contributed by atoms with Crippen molar-refractivity contribution < 1.29 is 33.4 Å². The first-order valence-electron chi connectivity index (χ1n) is 13.6. The first kappa shape index (κ1) is 27.0. The van der Waals surface area contributed by atoms with Gasteiger partial charge < -0.3 is 14.2 Å². The predicted molar refractivity (Wildman–Crippen MR) is 155 cm³/mol. The van der Waals surface area contributed by atoms with E-state index in [9.17, 15) is 14.4 Å². The molecule has 2 aliphatic rings. The number of carbonyl (C=O) groups excluding carboxylic acids is 3. The summed E-state index contributed by atoms with van der Waals surface area (Å²) in [6, 6.07) is 29.2. The van der Waals surface area contributed by atoms with Gasteiger partial charge in [0.05, 0.1) is 36.7 Å². The monoisotopic (exact) mass is 564 g/mol. The van der Waals surface area contributed by atoms with Crippen molar-refractivity contribution in [3.8, 4) is 17.2 Å². The lowest BCUT2D eigenvalue weighted by Gasteiger charge is -2.29. The van der Waals surface area contributed by atoms with Crippen molar-refractivity contribution in [3.63, 3.8) is 0 Å². The molecule has 0 bridgehead atoms. The van der Waals surface area contributed by atoms with Crippen LogP contribution >= 0.6 is 0 Å². The largest absolute Gasteiger partial charge is 0.493 e. The van der Waals surface area contributed by atoms with Gasteiger partial charge in [-0.15, -0.1) is 0 Å². The molecule has 212 valence electrons. The molecule has 9 nitrogen and oxygen atoms in total. The Balaban J connectivity index is 1.38. The third-order valence-electron chi connectivity index (χ3n) is 7.27.